The van der Waals surface area contributed by atoms with Crippen LogP contribution in [0.4, 0.5) is 0 Å². The highest BCUT2D eigenvalue weighted by molar-refractivity contribution is 7.99. The first kappa shape index (κ1) is 19.6. The van der Waals surface area contributed by atoms with Crippen LogP contribution in [0.1, 0.15) is 32.4 Å². The number of para-hydroxylation sites is 1. The summed E-state index contributed by atoms with van der Waals surface area (Å²) in [6.45, 7) is 10.6. The summed E-state index contributed by atoms with van der Waals surface area (Å²) in [5, 5.41) is 1.34. The number of benzene rings is 2. The molecule has 1 aliphatic heterocycles. The molecule has 0 saturated carbocycles. The van der Waals surface area contributed by atoms with Crippen LogP contribution in [0.3, 0.4) is 0 Å². The van der Waals surface area contributed by atoms with Gasteiger partial charge in [-0.05, 0) is 51.0 Å². The van der Waals surface area contributed by atoms with Crippen molar-refractivity contribution in [2.45, 2.75) is 49.1 Å². The quantitative estimate of drug-likeness (QED) is 0.539. The van der Waals surface area contributed by atoms with Gasteiger partial charge < -0.3 is 9.30 Å². The molecule has 3 aromatic rings. The van der Waals surface area contributed by atoms with Gasteiger partial charge in [0.25, 0.3) is 0 Å². The molecule has 0 aliphatic carbocycles. The van der Waals surface area contributed by atoms with Crippen LogP contribution in [0.25, 0.3) is 10.9 Å². The predicted molar refractivity (Wildman–Crippen MR) is 118 cm³/mol. The molecule has 0 bridgehead atoms. The van der Waals surface area contributed by atoms with Crippen molar-refractivity contribution in [1.29, 1.82) is 0 Å². The highest BCUT2D eigenvalue weighted by Gasteiger charge is 2.17. The number of aromatic nitrogens is 1. The molecule has 1 aliphatic rings. The van der Waals surface area contributed by atoms with Crippen LogP contribution in [-0.2, 0) is 11.2 Å². The van der Waals surface area contributed by atoms with Crippen molar-refractivity contribution in [2.24, 2.45) is 0 Å². The molecule has 0 N–H and O–H groups in total. The topological polar surface area (TPSA) is 17.4 Å². The summed E-state index contributed by atoms with van der Waals surface area (Å²) in [5.41, 5.74) is 2.73. The molecule has 4 heteroatoms. The fourth-order valence-electron chi connectivity index (χ4n) is 3.99. The van der Waals surface area contributed by atoms with Gasteiger partial charge in [0.1, 0.15) is 0 Å². The molecule has 0 spiro atoms. The Morgan fingerprint density at radius 1 is 0.964 bits per heavy atom. The summed E-state index contributed by atoms with van der Waals surface area (Å²) in [6.07, 6.45) is 3.39. The van der Waals surface area contributed by atoms with Gasteiger partial charge in [0.2, 0.25) is 0 Å². The van der Waals surface area contributed by atoms with E-state index in [1.165, 1.54) is 26.3 Å². The van der Waals surface area contributed by atoms with Crippen molar-refractivity contribution in [3.8, 4) is 0 Å². The fourth-order valence-corrected chi connectivity index (χ4v) is 4.97. The van der Waals surface area contributed by atoms with Crippen molar-refractivity contribution in [1.82, 2.24) is 9.47 Å². The summed E-state index contributed by atoms with van der Waals surface area (Å²) in [7, 11) is 0. The number of rotatable bonds is 6. The Labute approximate surface area is 172 Å². The molecule has 28 heavy (non-hydrogen) atoms. The molecule has 3 nitrogen and oxygen atoms in total. The molecule has 4 rings (SSSR count). The smallest absolute Gasteiger partial charge is 0.0594 e. The maximum atomic E-state index is 5.47. The third-order valence-electron chi connectivity index (χ3n) is 5.61. The van der Waals surface area contributed by atoms with Crippen LogP contribution < -0.4 is 0 Å². The maximum Gasteiger partial charge on any atom is 0.0594 e. The van der Waals surface area contributed by atoms with E-state index in [1.54, 1.807) is 0 Å². The summed E-state index contributed by atoms with van der Waals surface area (Å²) in [5.74, 6) is 0. The van der Waals surface area contributed by atoms with E-state index in [2.05, 4.69) is 85.0 Å². The van der Waals surface area contributed by atoms with Gasteiger partial charge in [-0.15, -0.1) is 0 Å². The van der Waals surface area contributed by atoms with Gasteiger partial charge >= 0.3 is 0 Å². The highest BCUT2D eigenvalue weighted by Crippen LogP contribution is 2.36. The lowest BCUT2D eigenvalue weighted by atomic mass is 10.1. The maximum absolute atomic E-state index is 5.47. The third kappa shape index (κ3) is 4.29. The average molecular weight is 395 g/mol. The Bertz CT molecular complexity index is 910. The zero-order chi connectivity index (χ0) is 19.5. The van der Waals surface area contributed by atoms with Gasteiger partial charge in [-0.2, -0.15) is 0 Å². The zero-order valence-corrected chi connectivity index (χ0v) is 17.9. The summed E-state index contributed by atoms with van der Waals surface area (Å²) in [4.78, 5) is 5.17. The number of morpholine rings is 1. The van der Waals surface area contributed by atoms with Crippen molar-refractivity contribution < 1.29 is 4.74 Å². The SMILES string of the molecule is CC(Cc1ccc(Sc2cn(C(C)C)c3ccccc23)cc1)N1CCOCC1. The molecule has 0 radical (unpaired) electrons. The van der Waals surface area contributed by atoms with Crippen LogP contribution in [0.5, 0.6) is 0 Å². The third-order valence-corrected chi connectivity index (χ3v) is 6.66. The normalized spacial score (nSPS) is 16.7. The average Bonchev–Trinajstić information content (AvgIpc) is 3.09. The van der Waals surface area contributed by atoms with Crippen LogP contribution in [0.2, 0.25) is 0 Å². The molecular formula is C24H30N2OS. The molecule has 1 saturated heterocycles. The summed E-state index contributed by atoms with van der Waals surface area (Å²) in [6, 6.07) is 18.9. The fraction of sp³-hybridized carbons (Fsp3) is 0.417. The lowest BCUT2D eigenvalue weighted by molar-refractivity contribution is 0.0203. The highest BCUT2D eigenvalue weighted by atomic mass is 32.2. The number of nitrogens with zero attached hydrogens (tertiary/aromatic N) is 2. The molecule has 1 atom stereocenters. The van der Waals surface area contributed by atoms with Gasteiger partial charge in [-0.1, -0.05) is 42.1 Å². The van der Waals surface area contributed by atoms with Crippen molar-refractivity contribution >= 4 is 22.7 Å². The lowest BCUT2D eigenvalue weighted by Gasteiger charge is -2.32. The minimum atomic E-state index is 0.461. The first-order chi connectivity index (χ1) is 13.6. The monoisotopic (exact) mass is 394 g/mol. The Hall–Kier alpha value is -1.75. The molecular weight excluding hydrogens is 364 g/mol. The van der Waals surface area contributed by atoms with E-state index in [0.717, 1.165) is 32.7 Å². The molecule has 1 unspecified atom stereocenters. The Morgan fingerprint density at radius 2 is 1.68 bits per heavy atom. The van der Waals surface area contributed by atoms with Gasteiger partial charge in [-0.25, -0.2) is 0 Å². The molecule has 2 aromatic carbocycles. The van der Waals surface area contributed by atoms with Gasteiger partial charge in [0.05, 0.1) is 13.2 Å². The summed E-state index contributed by atoms with van der Waals surface area (Å²) >= 11 is 1.86. The lowest BCUT2D eigenvalue weighted by Crippen LogP contribution is -2.43. The second-order valence-electron chi connectivity index (χ2n) is 7.96. The van der Waals surface area contributed by atoms with Crippen LogP contribution in [0, 0.1) is 0 Å². The van der Waals surface area contributed by atoms with Gasteiger partial charge in [0, 0.05) is 52.1 Å². The largest absolute Gasteiger partial charge is 0.379 e. The van der Waals surface area contributed by atoms with Crippen molar-refractivity contribution in [3.63, 3.8) is 0 Å². The van der Waals surface area contributed by atoms with Crippen LogP contribution in [-0.4, -0.2) is 41.8 Å². The van der Waals surface area contributed by atoms with Gasteiger partial charge in [0.15, 0.2) is 0 Å². The molecule has 0 amide bonds. The van der Waals surface area contributed by atoms with E-state index in [-0.39, 0.29) is 0 Å². The van der Waals surface area contributed by atoms with E-state index in [4.69, 9.17) is 4.74 Å². The van der Waals surface area contributed by atoms with E-state index < -0.39 is 0 Å². The van der Waals surface area contributed by atoms with E-state index in [9.17, 15) is 0 Å². The van der Waals surface area contributed by atoms with Crippen LogP contribution >= 0.6 is 11.8 Å². The van der Waals surface area contributed by atoms with E-state index in [1.807, 2.05) is 11.8 Å². The first-order valence-electron chi connectivity index (χ1n) is 10.3. The molecule has 1 aromatic heterocycles. The molecule has 2 heterocycles. The number of hydrogen-bond acceptors (Lipinski definition) is 3. The Kier molecular flexibility index (Phi) is 6.10. The van der Waals surface area contributed by atoms with Crippen LogP contribution in [0.15, 0.2) is 64.5 Å². The number of hydrogen-bond donors (Lipinski definition) is 0. The first-order valence-corrected chi connectivity index (χ1v) is 11.1. The molecule has 148 valence electrons. The zero-order valence-electron chi connectivity index (χ0n) is 17.1. The minimum absolute atomic E-state index is 0.461. The number of fused-ring (bicyclic) bond motifs is 1. The van der Waals surface area contributed by atoms with E-state index >= 15 is 0 Å². The Balaban J connectivity index is 1.47. The predicted octanol–water partition coefficient (Wildman–Crippen LogP) is 5.64. The van der Waals surface area contributed by atoms with Crippen molar-refractivity contribution in [2.75, 3.05) is 26.3 Å². The molecule has 1 fully saturated rings. The summed E-state index contributed by atoms with van der Waals surface area (Å²) < 4.78 is 7.84. The second-order valence-corrected chi connectivity index (χ2v) is 9.07. The van der Waals surface area contributed by atoms with Crippen molar-refractivity contribution in [3.05, 3.63) is 60.3 Å². The number of ether oxygens (including phenoxy) is 1. The second kappa shape index (κ2) is 8.73. The van der Waals surface area contributed by atoms with E-state index in [0.29, 0.717) is 12.1 Å². The van der Waals surface area contributed by atoms with Gasteiger partial charge in [-0.3, -0.25) is 4.90 Å². The Morgan fingerprint density at radius 3 is 2.39 bits per heavy atom. The minimum Gasteiger partial charge on any atom is -0.379 e. The standard InChI is InChI=1S/C24H30N2OS/c1-18(2)26-17-24(22-6-4-5-7-23(22)26)28-21-10-8-20(9-11-21)16-19(3)25-12-14-27-15-13-25/h4-11,17-19H,12-16H2,1-3H3.